The Bertz CT molecular complexity index is 709. The zero-order chi connectivity index (χ0) is 15.6. The Morgan fingerprint density at radius 3 is 2.57 bits per heavy atom. The van der Waals surface area contributed by atoms with Crippen LogP contribution in [0.15, 0.2) is 24.3 Å². The summed E-state index contributed by atoms with van der Waals surface area (Å²) in [6.07, 6.45) is 1.20. The van der Waals surface area contributed by atoms with Crippen molar-refractivity contribution in [3.8, 4) is 5.69 Å². The van der Waals surface area contributed by atoms with Crippen molar-refractivity contribution < 1.29 is 19.8 Å². The van der Waals surface area contributed by atoms with Gasteiger partial charge in [0, 0.05) is 0 Å². The first-order valence-corrected chi connectivity index (χ1v) is 6.68. The normalized spacial score (nSPS) is 10.6. The molecule has 0 atom stereocenters. The van der Waals surface area contributed by atoms with Crippen LogP contribution in [0.5, 0.6) is 0 Å². The summed E-state index contributed by atoms with van der Waals surface area (Å²) in [7, 11) is 0. The predicted molar refractivity (Wildman–Crippen MR) is 76.5 cm³/mol. The van der Waals surface area contributed by atoms with E-state index in [1.807, 2.05) is 6.92 Å². The highest BCUT2D eigenvalue weighted by Crippen LogP contribution is 2.25. The average molecular weight is 309 g/mol. The first-order valence-electron chi connectivity index (χ1n) is 6.30. The fourth-order valence-corrected chi connectivity index (χ4v) is 2.33. The molecule has 0 fully saturated rings. The van der Waals surface area contributed by atoms with Gasteiger partial charge in [-0.2, -0.15) is 5.10 Å². The number of nitrogens with zero attached hydrogens (tertiary/aromatic N) is 2. The number of carbonyl (C=O) groups is 2. The van der Waals surface area contributed by atoms with Crippen LogP contribution in [0.2, 0.25) is 5.15 Å². The van der Waals surface area contributed by atoms with E-state index in [4.69, 9.17) is 16.7 Å². The number of carboxylic acids is 2. The Hall–Kier alpha value is -2.34. The van der Waals surface area contributed by atoms with Gasteiger partial charge in [-0.25, -0.2) is 14.3 Å². The third-order valence-electron chi connectivity index (χ3n) is 2.94. The van der Waals surface area contributed by atoms with E-state index in [-0.39, 0.29) is 16.3 Å². The van der Waals surface area contributed by atoms with Gasteiger partial charge in [0.1, 0.15) is 10.7 Å². The van der Waals surface area contributed by atoms with Gasteiger partial charge in [-0.15, -0.1) is 0 Å². The molecule has 0 aliphatic rings. The van der Waals surface area contributed by atoms with E-state index in [1.54, 1.807) is 12.1 Å². The van der Waals surface area contributed by atoms with Gasteiger partial charge in [-0.3, -0.25) is 0 Å². The van der Waals surface area contributed by atoms with Crippen LogP contribution in [0.3, 0.4) is 0 Å². The fraction of sp³-hybridized carbons (Fsp3) is 0.214. The van der Waals surface area contributed by atoms with Crippen LogP contribution in [-0.2, 0) is 6.42 Å². The minimum atomic E-state index is -1.15. The first-order chi connectivity index (χ1) is 9.95. The molecule has 0 saturated heterocycles. The topological polar surface area (TPSA) is 92.4 Å². The summed E-state index contributed by atoms with van der Waals surface area (Å²) < 4.78 is 1.25. The van der Waals surface area contributed by atoms with Gasteiger partial charge in [0.2, 0.25) is 0 Å². The number of halogens is 1. The van der Waals surface area contributed by atoms with Crippen LogP contribution >= 0.6 is 11.6 Å². The molecule has 110 valence electrons. The lowest BCUT2D eigenvalue weighted by Gasteiger charge is -2.04. The number of carboxylic acid groups (broad SMARTS) is 2. The molecule has 7 heteroatoms. The monoisotopic (exact) mass is 308 g/mol. The molecule has 0 bridgehead atoms. The lowest BCUT2D eigenvalue weighted by atomic mass is 10.1. The van der Waals surface area contributed by atoms with Crippen molar-refractivity contribution in [3.05, 3.63) is 46.2 Å². The van der Waals surface area contributed by atoms with Crippen molar-refractivity contribution in [2.45, 2.75) is 19.8 Å². The second kappa shape index (κ2) is 5.97. The maximum atomic E-state index is 11.3. The second-order valence-electron chi connectivity index (χ2n) is 4.43. The molecule has 2 N–H and O–H groups in total. The molecule has 0 aliphatic carbocycles. The molecular weight excluding hydrogens is 296 g/mol. The smallest absolute Gasteiger partial charge is 0.340 e. The van der Waals surface area contributed by atoms with Crippen LogP contribution in [0.1, 0.15) is 39.8 Å². The molecular formula is C14H13ClN2O4. The number of aromatic carboxylic acids is 2. The summed E-state index contributed by atoms with van der Waals surface area (Å²) in [4.78, 5) is 22.3. The third-order valence-corrected chi connectivity index (χ3v) is 3.29. The average Bonchev–Trinajstić information content (AvgIpc) is 2.76. The summed E-state index contributed by atoms with van der Waals surface area (Å²) >= 11 is 6.10. The van der Waals surface area contributed by atoms with Gasteiger partial charge in [-0.05, 0) is 24.6 Å². The molecule has 0 spiro atoms. The summed E-state index contributed by atoms with van der Waals surface area (Å²) in [6, 6.07) is 6.00. The first kappa shape index (κ1) is 15.1. The summed E-state index contributed by atoms with van der Waals surface area (Å²) in [6.45, 7) is 1.91. The highest BCUT2D eigenvalue weighted by molar-refractivity contribution is 6.33. The lowest BCUT2D eigenvalue weighted by molar-refractivity contribution is 0.0685. The SMILES string of the molecule is CCCc1nn(-c2cccc(C(=O)O)c2)c(Cl)c1C(=O)O. The molecule has 0 saturated carbocycles. The van der Waals surface area contributed by atoms with E-state index in [2.05, 4.69) is 5.10 Å². The van der Waals surface area contributed by atoms with Crippen molar-refractivity contribution in [1.29, 1.82) is 0 Å². The molecule has 2 rings (SSSR count). The van der Waals surface area contributed by atoms with Gasteiger partial charge in [0.25, 0.3) is 0 Å². The van der Waals surface area contributed by atoms with Gasteiger partial charge < -0.3 is 10.2 Å². The van der Waals surface area contributed by atoms with Crippen molar-refractivity contribution in [1.82, 2.24) is 9.78 Å². The third kappa shape index (κ3) is 2.90. The van der Waals surface area contributed by atoms with Gasteiger partial charge >= 0.3 is 11.9 Å². The van der Waals surface area contributed by atoms with Crippen molar-refractivity contribution in [2.75, 3.05) is 0 Å². The quantitative estimate of drug-likeness (QED) is 0.886. The van der Waals surface area contributed by atoms with Gasteiger partial charge in [-0.1, -0.05) is 31.0 Å². The van der Waals surface area contributed by atoms with Crippen LogP contribution < -0.4 is 0 Å². The molecule has 1 aromatic carbocycles. The predicted octanol–water partition coefficient (Wildman–Crippen LogP) is 2.87. The van der Waals surface area contributed by atoms with Crippen molar-refractivity contribution >= 4 is 23.5 Å². The fourth-order valence-electron chi connectivity index (χ4n) is 2.00. The van der Waals surface area contributed by atoms with Crippen molar-refractivity contribution in [2.24, 2.45) is 0 Å². The maximum absolute atomic E-state index is 11.3. The molecule has 0 radical (unpaired) electrons. The molecule has 1 aromatic heterocycles. The second-order valence-corrected chi connectivity index (χ2v) is 4.79. The Morgan fingerprint density at radius 1 is 1.29 bits per heavy atom. The number of hydrogen-bond donors (Lipinski definition) is 2. The largest absolute Gasteiger partial charge is 0.478 e. The molecule has 1 heterocycles. The molecule has 0 amide bonds. The highest BCUT2D eigenvalue weighted by Gasteiger charge is 2.22. The zero-order valence-electron chi connectivity index (χ0n) is 11.2. The highest BCUT2D eigenvalue weighted by atomic mass is 35.5. The van der Waals surface area contributed by atoms with Crippen LogP contribution in [0, 0.1) is 0 Å². The van der Waals surface area contributed by atoms with Crippen LogP contribution in [0.4, 0.5) is 0 Å². The number of aromatic nitrogens is 2. The molecule has 0 aliphatic heterocycles. The number of rotatable bonds is 5. The lowest BCUT2D eigenvalue weighted by Crippen LogP contribution is -2.02. The number of benzene rings is 1. The maximum Gasteiger partial charge on any atom is 0.340 e. The molecule has 2 aromatic rings. The van der Waals surface area contributed by atoms with E-state index < -0.39 is 11.9 Å². The van der Waals surface area contributed by atoms with Gasteiger partial charge in [0.15, 0.2) is 0 Å². The minimum absolute atomic E-state index is 0.0338. The Labute approximate surface area is 125 Å². The van der Waals surface area contributed by atoms with E-state index in [0.717, 1.165) is 6.42 Å². The minimum Gasteiger partial charge on any atom is -0.478 e. The number of hydrogen-bond acceptors (Lipinski definition) is 3. The molecule has 21 heavy (non-hydrogen) atoms. The van der Waals surface area contributed by atoms with Crippen LogP contribution in [-0.4, -0.2) is 31.9 Å². The standard InChI is InChI=1S/C14H13ClN2O4/c1-2-4-10-11(14(20)21)12(15)17(16-10)9-6-3-5-8(7-9)13(18)19/h3,5-7H,2,4H2,1H3,(H,18,19)(H,20,21). The Kier molecular flexibility index (Phi) is 4.28. The van der Waals surface area contributed by atoms with E-state index in [0.29, 0.717) is 17.8 Å². The van der Waals surface area contributed by atoms with E-state index >= 15 is 0 Å². The Morgan fingerprint density at radius 2 is 2.00 bits per heavy atom. The summed E-state index contributed by atoms with van der Waals surface area (Å²) in [5.74, 6) is -2.23. The van der Waals surface area contributed by atoms with E-state index in [1.165, 1.54) is 16.8 Å². The zero-order valence-corrected chi connectivity index (χ0v) is 12.0. The summed E-state index contributed by atoms with van der Waals surface area (Å²) in [5.41, 5.74) is 0.827. The molecule has 6 nitrogen and oxygen atoms in total. The Balaban J connectivity index is 2.59. The summed E-state index contributed by atoms with van der Waals surface area (Å²) in [5, 5.41) is 22.4. The van der Waals surface area contributed by atoms with Crippen molar-refractivity contribution in [3.63, 3.8) is 0 Å². The van der Waals surface area contributed by atoms with E-state index in [9.17, 15) is 14.7 Å². The molecule has 0 unspecified atom stereocenters. The van der Waals surface area contributed by atoms with Gasteiger partial charge in [0.05, 0.1) is 16.9 Å². The number of aryl methyl sites for hydroxylation is 1. The van der Waals surface area contributed by atoms with Crippen LogP contribution in [0.25, 0.3) is 5.69 Å².